The molecule has 1 aliphatic rings. The number of anilines is 1. The van der Waals surface area contributed by atoms with Gasteiger partial charge >= 0.3 is 0 Å². The minimum atomic E-state index is -1.11. The molecule has 2 amide bonds. The van der Waals surface area contributed by atoms with Gasteiger partial charge in [-0.05, 0) is 60.3 Å². The highest BCUT2D eigenvalue weighted by Crippen LogP contribution is 2.36. The number of aromatic nitrogens is 1. The van der Waals surface area contributed by atoms with Crippen molar-refractivity contribution in [2.24, 2.45) is 0 Å². The second-order valence-electron chi connectivity index (χ2n) is 7.94. The lowest BCUT2D eigenvalue weighted by Gasteiger charge is -2.32. The molecule has 1 aromatic heterocycles. The van der Waals surface area contributed by atoms with Crippen LogP contribution in [0.15, 0.2) is 48.5 Å². The molecular weight excluding hydrogens is 500 g/mol. The Morgan fingerprint density at radius 1 is 1.18 bits per heavy atom. The molecule has 0 saturated heterocycles. The molecule has 1 N–H and O–H groups in total. The van der Waals surface area contributed by atoms with Crippen molar-refractivity contribution in [3.8, 4) is 5.75 Å². The van der Waals surface area contributed by atoms with Crippen LogP contribution in [0, 0.1) is 5.82 Å². The zero-order valence-corrected chi connectivity index (χ0v) is 20.6. The summed E-state index contributed by atoms with van der Waals surface area (Å²) in [5, 5.41) is 3.05. The van der Waals surface area contributed by atoms with Gasteiger partial charge in [0.2, 0.25) is 5.91 Å². The lowest BCUT2D eigenvalue weighted by molar-refractivity contribution is -0.123. The van der Waals surface area contributed by atoms with Crippen LogP contribution in [0.25, 0.3) is 0 Å². The van der Waals surface area contributed by atoms with Crippen molar-refractivity contribution < 1.29 is 18.7 Å². The van der Waals surface area contributed by atoms with E-state index in [9.17, 15) is 14.0 Å². The first kappa shape index (κ1) is 24.4. The van der Waals surface area contributed by atoms with E-state index in [2.05, 4.69) is 9.69 Å². The maximum absolute atomic E-state index is 14.3. The molecule has 178 valence electrons. The summed E-state index contributed by atoms with van der Waals surface area (Å²) in [6, 6.07) is 11.2. The van der Waals surface area contributed by atoms with Crippen LogP contribution in [0.5, 0.6) is 5.75 Å². The van der Waals surface area contributed by atoms with Crippen LogP contribution in [0.3, 0.4) is 0 Å². The lowest BCUT2D eigenvalue weighted by Crippen LogP contribution is -2.46. The summed E-state index contributed by atoms with van der Waals surface area (Å²) in [5.74, 6) is -1.01. The van der Waals surface area contributed by atoms with E-state index in [1.807, 2.05) is 0 Å². The molecule has 10 heteroatoms. The average molecular weight is 522 g/mol. The quantitative estimate of drug-likeness (QED) is 0.411. The minimum Gasteiger partial charge on any atom is -0.497 e. The number of amides is 2. The number of carbonyl (C=O) groups excluding carboxylic acids is 2. The molecule has 4 rings (SSSR count). The maximum atomic E-state index is 14.3. The van der Waals surface area contributed by atoms with Gasteiger partial charge in [-0.2, -0.15) is 4.37 Å². The Hall–Kier alpha value is -2.68. The maximum Gasteiger partial charge on any atom is 0.280 e. The van der Waals surface area contributed by atoms with Crippen molar-refractivity contribution >= 4 is 52.2 Å². The number of hydrogen-bond acceptors (Lipinski definition) is 5. The molecule has 2 aromatic carbocycles. The van der Waals surface area contributed by atoms with Crippen LogP contribution in [0.4, 0.5) is 10.1 Å². The number of rotatable bonds is 7. The highest BCUT2D eigenvalue weighted by molar-refractivity contribution is 7.11. The fourth-order valence-corrected chi connectivity index (χ4v) is 5.06. The minimum absolute atomic E-state index is 0.00927. The van der Waals surface area contributed by atoms with Crippen LogP contribution in [-0.2, 0) is 4.79 Å². The van der Waals surface area contributed by atoms with Gasteiger partial charge in [0, 0.05) is 11.7 Å². The van der Waals surface area contributed by atoms with E-state index in [0.717, 1.165) is 37.2 Å². The molecule has 1 heterocycles. The zero-order chi connectivity index (χ0) is 24.2. The third kappa shape index (κ3) is 5.19. The van der Waals surface area contributed by atoms with Gasteiger partial charge in [-0.3, -0.25) is 14.5 Å². The first-order valence-corrected chi connectivity index (χ1v) is 12.3. The SMILES string of the molecule is COc1ccc(C(C(=O)NC2CCCC2)N(C(=O)c2nsc(Cl)c2Cl)c2cccc(F)c2)cc1. The van der Waals surface area contributed by atoms with E-state index in [-0.39, 0.29) is 32.7 Å². The standard InChI is InChI=1S/C24H22Cl2FN3O3S/c1-33-18-11-9-14(10-12-18)21(23(31)28-16-6-2-3-7-16)30(17-8-4-5-15(27)13-17)24(32)20-19(25)22(26)34-29-20/h4-5,8-13,16,21H,2-3,6-7H2,1H3,(H,28,31). The molecule has 1 saturated carbocycles. The van der Waals surface area contributed by atoms with Gasteiger partial charge in [0.15, 0.2) is 5.69 Å². The third-order valence-electron chi connectivity index (χ3n) is 5.74. The number of methoxy groups -OCH3 is 1. The number of benzene rings is 2. The predicted molar refractivity (Wildman–Crippen MR) is 131 cm³/mol. The highest BCUT2D eigenvalue weighted by atomic mass is 35.5. The van der Waals surface area contributed by atoms with E-state index >= 15 is 0 Å². The molecule has 6 nitrogen and oxygen atoms in total. The Labute approximate surface area is 210 Å². The first-order chi connectivity index (χ1) is 16.4. The predicted octanol–water partition coefficient (Wildman–Crippen LogP) is 6.04. The van der Waals surface area contributed by atoms with E-state index in [4.69, 9.17) is 27.9 Å². The van der Waals surface area contributed by atoms with E-state index in [1.165, 1.54) is 30.2 Å². The summed E-state index contributed by atoms with van der Waals surface area (Å²) in [5.41, 5.74) is 0.604. The Morgan fingerprint density at radius 3 is 2.47 bits per heavy atom. The molecule has 1 aliphatic carbocycles. The molecule has 3 aromatic rings. The van der Waals surface area contributed by atoms with Gasteiger partial charge in [0.1, 0.15) is 27.0 Å². The molecule has 0 radical (unpaired) electrons. The number of halogens is 3. The van der Waals surface area contributed by atoms with Crippen LogP contribution >= 0.6 is 34.7 Å². The Bertz CT molecular complexity index is 1180. The van der Waals surface area contributed by atoms with Crippen molar-refractivity contribution in [1.29, 1.82) is 0 Å². The van der Waals surface area contributed by atoms with Crippen molar-refractivity contribution in [3.05, 3.63) is 75.0 Å². The molecule has 0 aliphatic heterocycles. The monoisotopic (exact) mass is 521 g/mol. The third-order valence-corrected chi connectivity index (χ3v) is 7.36. The topological polar surface area (TPSA) is 71.5 Å². The fraction of sp³-hybridized carbons (Fsp3) is 0.292. The number of nitrogens with zero attached hydrogens (tertiary/aromatic N) is 2. The fourth-order valence-electron chi connectivity index (χ4n) is 4.07. The first-order valence-electron chi connectivity index (χ1n) is 10.7. The largest absolute Gasteiger partial charge is 0.497 e. The Balaban J connectivity index is 1.84. The van der Waals surface area contributed by atoms with Crippen molar-refractivity contribution in [2.45, 2.75) is 37.8 Å². The van der Waals surface area contributed by atoms with Gasteiger partial charge < -0.3 is 10.1 Å². The van der Waals surface area contributed by atoms with Gasteiger partial charge in [-0.15, -0.1) is 0 Å². The summed E-state index contributed by atoms with van der Waals surface area (Å²) in [6.07, 6.45) is 3.78. The smallest absolute Gasteiger partial charge is 0.280 e. The van der Waals surface area contributed by atoms with Gasteiger partial charge in [-0.1, -0.05) is 54.2 Å². The molecule has 1 unspecified atom stereocenters. The van der Waals surface area contributed by atoms with E-state index in [0.29, 0.717) is 11.3 Å². The summed E-state index contributed by atoms with van der Waals surface area (Å²) >= 11 is 13.2. The van der Waals surface area contributed by atoms with Crippen LogP contribution in [0.2, 0.25) is 9.36 Å². The van der Waals surface area contributed by atoms with E-state index < -0.39 is 17.8 Å². The summed E-state index contributed by atoms with van der Waals surface area (Å²) in [4.78, 5) is 28.7. The van der Waals surface area contributed by atoms with Crippen molar-refractivity contribution in [1.82, 2.24) is 9.69 Å². The average Bonchev–Trinajstić information content (AvgIpc) is 3.46. The highest BCUT2D eigenvalue weighted by Gasteiger charge is 2.37. The summed E-state index contributed by atoms with van der Waals surface area (Å²) in [7, 11) is 1.54. The second kappa shape index (κ2) is 10.7. The number of carbonyl (C=O) groups is 2. The zero-order valence-electron chi connectivity index (χ0n) is 18.3. The van der Waals surface area contributed by atoms with Crippen LogP contribution in [0.1, 0.15) is 47.8 Å². The summed E-state index contributed by atoms with van der Waals surface area (Å²) < 4.78 is 23.7. The van der Waals surface area contributed by atoms with E-state index in [1.54, 1.807) is 30.3 Å². The van der Waals surface area contributed by atoms with Gasteiger partial charge in [0.25, 0.3) is 5.91 Å². The summed E-state index contributed by atoms with van der Waals surface area (Å²) in [6.45, 7) is 0. The number of nitrogens with one attached hydrogen (secondary N) is 1. The molecular formula is C24H22Cl2FN3O3S. The Kier molecular flexibility index (Phi) is 7.70. The molecule has 0 spiro atoms. The second-order valence-corrected chi connectivity index (χ2v) is 9.69. The van der Waals surface area contributed by atoms with Crippen LogP contribution < -0.4 is 15.0 Å². The van der Waals surface area contributed by atoms with Crippen molar-refractivity contribution in [3.63, 3.8) is 0 Å². The Morgan fingerprint density at radius 2 is 1.88 bits per heavy atom. The molecule has 1 atom stereocenters. The van der Waals surface area contributed by atoms with Gasteiger partial charge in [-0.25, -0.2) is 4.39 Å². The van der Waals surface area contributed by atoms with Crippen LogP contribution in [-0.4, -0.2) is 29.3 Å². The molecule has 34 heavy (non-hydrogen) atoms. The molecule has 1 fully saturated rings. The molecule has 0 bridgehead atoms. The normalized spacial score (nSPS) is 14.6. The lowest BCUT2D eigenvalue weighted by atomic mass is 10.0. The number of ether oxygens (including phenoxy) is 1. The van der Waals surface area contributed by atoms with Gasteiger partial charge in [0.05, 0.1) is 7.11 Å². The van der Waals surface area contributed by atoms with Crippen molar-refractivity contribution in [2.75, 3.05) is 12.0 Å². The number of hydrogen-bond donors (Lipinski definition) is 1.